The Labute approximate surface area is 633 Å². The van der Waals surface area contributed by atoms with Crippen molar-refractivity contribution in [3.8, 4) is 11.5 Å². The lowest BCUT2D eigenvalue weighted by Crippen LogP contribution is -2.40. The number of halogens is 2. The van der Waals surface area contributed by atoms with Crippen LogP contribution in [0.4, 0.5) is 22.7 Å². The highest BCUT2D eigenvalue weighted by molar-refractivity contribution is 9.10. The molecule has 0 aliphatic carbocycles. The second kappa shape index (κ2) is 38.6. The standard InChI is InChI=1S/C72H88Br2N6O25P2/c1-41-61(69(90)77(65(41)86)47-19-15-45(73)16-20-47)55(39-53-63(43(3)100-33-9-31-75)71(92)79(67(53)88)48-21-17-46(74)18-22-48)102-34-10-32-76-57(81)11-5-7-13-59(84)104-51-27-23-49(24-28-51)78-66(87)42(2)62(70(78)91)56(103-36-38-107(97,98)99)40-54-64(44(4)101-35-37-106(94,95)96)72(93)80(68(54)89)50-25-29-52(30-26-50)105-60(85)14-8-6-12-58(82)83/h15-30,41-44,53-56,61-64H,5-14,31-40,75H2,1-4H3,(H,76,81)(H,82,83)(H2,94,95,96)(H2,97,98,99). The van der Waals surface area contributed by atoms with E-state index in [4.69, 9.17) is 39.3 Å². The van der Waals surface area contributed by atoms with E-state index in [2.05, 4.69) is 37.2 Å². The highest BCUT2D eigenvalue weighted by atomic mass is 79.9. The number of anilines is 4. The first-order chi connectivity index (χ1) is 50.7. The smallest absolute Gasteiger partial charge is 0.327 e. The Morgan fingerprint density at radius 1 is 0.458 bits per heavy atom. The fraction of sp³-hybridized carbons (Fsp3) is 0.500. The van der Waals surface area contributed by atoms with Gasteiger partial charge in [0.05, 0.1) is 120 Å². The van der Waals surface area contributed by atoms with Gasteiger partial charge in [0, 0.05) is 54.4 Å². The molecule has 12 atom stereocenters. The third-order valence-electron chi connectivity index (χ3n) is 19.1. The van der Waals surface area contributed by atoms with Crippen molar-refractivity contribution >= 4 is 141 Å². The number of nitrogens with zero attached hydrogens (tertiary/aromatic N) is 4. The van der Waals surface area contributed by atoms with Crippen molar-refractivity contribution in [2.45, 2.75) is 129 Å². The van der Waals surface area contributed by atoms with E-state index in [-0.39, 0.29) is 113 Å². The molecule has 4 aromatic rings. The Kier molecular flexibility index (Phi) is 30.7. The number of carboxylic acids is 1. The van der Waals surface area contributed by atoms with Gasteiger partial charge in [-0.1, -0.05) is 45.7 Å². The molecule has 35 heteroatoms. The maximum Gasteiger partial charge on any atom is 0.327 e. The van der Waals surface area contributed by atoms with Gasteiger partial charge in [-0.15, -0.1) is 0 Å². The van der Waals surface area contributed by atoms with Crippen molar-refractivity contribution in [1.29, 1.82) is 0 Å². The summed E-state index contributed by atoms with van der Waals surface area (Å²) in [5.74, 6) is -17.6. The van der Waals surface area contributed by atoms with Gasteiger partial charge in [0.15, 0.2) is 0 Å². The molecule has 4 aliphatic heterocycles. The number of esters is 2. The predicted octanol–water partition coefficient (Wildman–Crippen LogP) is 7.36. The van der Waals surface area contributed by atoms with Gasteiger partial charge < -0.3 is 64.2 Å². The van der Waals surface area contributed by atoms with Crippen LogP contribution < -0.4 is 40.1 Å². The molecule has 0 aromatic heterocycles. The van der Waals surface area contributed by atoms with E-state index in [1.54, 1.807) is 62.4 Å². The fourth-order valence-corrected chi connectivity index (χ4v) is 14.9. The number of rotatable bonds is 41. The topological polar surface area (TPSA) is 447 Å². The number of imide groups is 4. The van der Waals surface area contributed by atoms with E-state index < -0.39 is 184 Å². The van der Waals surface area contributed by atoms with E-state index in [0.717, 1.165) is 28.5 Å². The first-order valence-electron chi connectivity index (χ1n) is 35.1. The van der Waals surface area contributed by atoms with E-state index >= 15 is 0 Å². The molecule has 4 fully saturated rings. The summed E-state index contributed by atoms with van der Waals surface area (Å²) in [7, 11) is -9.37. The molecule has 8 rings (SSSR count). The van der Waals surface area contributed by atoms with Crippen molar-refractivity contribution in [2.24, 2.45) is 53.1 Å². The highest BCUT2D eigenvalue weighted by Gasteiger charge is 2.58. The van der Waals surface area contributed by atoms with Crippen LogP contribution in [0.15, 0.2) is 106 Å². The van der Waals surface area contributed by atoms with Crippen LogP contribution in [-0.2, 0) is 85.6 Å². The lowest BCUT2D eigenvalue weighted by Gasteiger charge is -2.29. The second-order valence-corrected chi connectivity index (χ2v) is 32.1. The molecule has 31 nitrogen and oxygen atoms in total. The molecule has 4 aromatic carbocycles. The monoisotopic (exact) mass is 1660 g/mol. The number of carboxylic acid groups (broad SMARTS) is 1. The maximum absolute atomic E-state index is 14.7. The minimum atomic E-state index is -4.75. The van der Waals surface area contributed by atoms with Crippen molar-refractivity contribution in [3.05, 3.63) is 106 Å². The molecule has 0 radical (unpaired) electrons. The molecule has 0 spiro atoms. The fourth-order valence-electron chi connectivity index (χ4n) is 13.7. The molecule has 580 valence electrons. The number of carbonyl (C=O) groups is 12. The van der Waals surface area contributed by atoms with Crippen LogP contribution in [0.25, 0.3) is 0 Å². The Morgan fingerprint density at radius 2 is 0.794 bits per heavy atom. The minimum absolute atomic E-state index is 0.0151. The van der Waals surface area contributed by atoms with Crippen LogP contribution in [0.3, 0.4) is 0 Å². The van der Waals surface area contributed by atoms with Crippen LogP contribution in [0.5, 0.6) is 11.5 Å². The quantitative estimate of drug-likeness (QED) is 0.00749. The average molecular weight is 1660 g/mol. The molecule has 9 amide bonds. The number of hydrogen-bond acceptors (Lipinski definition) is 21. The summed E-state index contributed by atoms with van der Waals surface area (Å²) in [5.41, 5.74) is 6.42. The van der Waals surface area contributed by atoms with E-state index in [0.29, 0.717) is 24.3 Å². The van der Waals surface area contributed by atoms with E-state index in [1.807, 2.05) is 0 Å². The summed E-state index contributed by atoms with van der Waals surface area (Å²) in [5, 5.41) is 11.7. The van der Waals surface area contributed by atoms with Gasteiger partial charge in [-0.05, 0) is 169 Å². The van der Waals surface area contributed by atoms with Crippen LogP contribution in [0.1, 0.15) is 105 Å². The van der Waals surface area contributed by atoms with Crippen molar-refractivity contribution in [2.75, 3.05) is 71.4 Å². The maximum atomic E-state index is 14.7. The summed E-state index contributed by atoms with van der Waals surface area (Å²) < 4.78 is 60.6. The number of hydrogen-bond donors (Lipinski definition) is 7. The summed E-state index contributed by atoms with van der Waals surface area (Å²) in [6, 6.07) is 23.8. The predicted molar refractivity (Wildman–Crippen MR) is 391 cm³/mol. The zero-order chi connectivity index (χ0) is 78.2. The summed E-state index contributed by atoms with van der Waals surface area (Å²) in [6.45, 7) is 5.51. The van der Waals surface area contributed by atoms with E-state index in [9.17, 15) is 86.2 Å². The molecule has 12 unspecified atom stereocenters. The van der Waals surface area contributed by atoms with Gasteiger partial charge in [-0.3, -0.25) is 66.7 Å². The minimum Gasteiger partial charge on any atom is -0.481 e. The Hall–Kier alpha value is -7.62. The number of aliphatic carboxylic acids is 1. The Bertz CT molecular complexity index is 3990. The number of unbranched alkanes of at least 4 members (excludes halogenated alkanes) is 2. The molecule has 4 aliphatic rings. The largest absolute Gasteiger partial charge is 0.481 e. The molecular weight excluding hydrogens is 1570 g/mol. The van der Waals surface area contributed by atoms with Crippen molar-refractivity contribution < 1.29 is 120 Å². The molecule has 4 heterocycles. The number of ether oxygens (including phenoxy) is 6. The van der Waals surface area contributed by atoms with Crippen LogP contribution in [0.2, 0.25) is 0 Å². The first-order valence-corrected chi connectivity index (χ1v) is 40.3. The number of carbonyl (C=O) groups excluding carboxylic acids is 11. The molecular formula is C72H88Br2N6O25P2. The molecule has 4 saturated heterocycles. The third kappa shape index (κ3) is 22.5. The van der Waals surface area contributed by atoms with Gasteiger partial charge in [0.2, 0.25) is 53.2 Å². The molecule has 0 bridgehead atoms. The molecule has 0 saturated carbocycles. The van der Waals surface area contributed by atoms with Gasteiger partial charge in [-0.2, -0.15) is 0 Å². The van der Waals surface area contributed by atoms with Gasteiger partial charge >= 0.3 is 33.1 Å². The Balaban J connectivity index is 0.868. The van der Waals surface area contributed by atoms with Gasteiger partial charge in [0.1, 0.15) is 11.5 Å². The lowest BCUT2D eigenvalue weighted by atomic mass is 9.80. The zero-order valence-electron chi connectivity index (χ0n) is 59.2. The normalized spacial score (nSPS) is 21.7. The average Bonchev–Trinajstić information content (AvgIpc) is 1.62. The van der Waals surface area contributed by atoms with E-state index in [1.165, 1.54) is 62.4 Å². The lowest BCUT2D eigenvalue weighted by molar-refractivity contribution is -0.138. The zero-order valence-corrected chi connectivity index (χ0v) is 64.2. The number of amides is 9. The van der Waals surface area contributed by atoms with Crippen LogP contribution in [-0.4, -0.2) is 172 Å². The van der Waals surface area contributed by atoms with Crippen LogP contribution in [0, 0.1) is 47.3 Å². The van der Waals surface area contributed by atoms with Gasteiger partial charge in [-0.25, -0.2) is 19.6 Å². The highest BCUT2D eigenvalue weighted by Crippen LogP contribution is 2.46. The summed E-state index contributed by atoms with van der Waals surface area (Å²) in [6.07, 6.45) is -5.50. The second-order valence-electron chi connectivity index (χ2n) is 26.7. The number of benzene rings is 4. The SMILES string of the molecule is CC(OCCCN)C1C(=O)N(c2ccc(Br)cc2)C(=O)C1CC(OCCCNC(=O)CCCCC(=O)Oc1ccc(N2C(=O)C(C)C(C(CC3C(=O)N(c4ccc(OC(=O)CCCCC(=O)O)cc4)C(=O)C3C(C)OCCP(=O)(O)O)OCCP(=O)(O)O)C2=O)cc1)C1C(=O)N(c2ccc(Br)cc2)C(=O)C1C. The Morgan fingerprint density at radius 3 is 1.19 bits per heavy atom. The molecule has 8 N–H and O–H groups in total. The third-order valence-corrected chi connectivity index (χ3v) is 21.7. The number of nitrogens with two attached hydrogens (primary N) is 1. The number of nitrogens with one attached hydrogen (secondary N) is 1. The van der Waals surface area contributed by atoms with Gasteiger partial charge in [0.25, 0.3) is 0 Å². The van der Waals surface area contributed by atoms with Crippen LogP contribution >= 0.6 is 47.1 Å². The molecule has 107 heavy (non-hydrogen) atoms. The van der Waals surface area contributed by atoms with Crippen molar-refractivity contribution in [1.82, 2.24) is 5.32 Å². The first kappa shape index (κ1) is 85.0. The summed E-state index contributed by atoms with van der Waals surface area (Å²) >= 11 is 6.79. The summed E-state index contributed by atoms with van der Waals surface area (Å²) in [4.78, 5) is 208. The van der Waals surface area contributed by atoms with Crippen molar-refractivity contribution in [3.63, 3.8) is 0 Å².